The molecule has 2 amide bonds. The lowest BCUT2D eigenvalue weighted by Crippen LogP contribution is -2.52. The van der Waals surface area contributed by atoms with Crippen LogP contribution in [0.2, 0.25) is 0 Å². The minimum atomic E-state index is -4.26. The molecule has 1 aliphatic carbocycles. The third-order valence-electron chi connectivity index (χ3n) is 7.31. The van der Waals surface area contributed by atoms with Crippen molar-refractivity contribution in [3.05, 3.63) is 48.3 Å². The molecule has 2 aromatic carbocycles. The number of ether oxygens (including phenoxy) is 1. The number of tetrazole rings is 1. The first-order valence-corrected chi connectivity index (χ1v) is 15.0. The maximum atomic E-state index is 14.0. The first-order valence-electron chi connectivity index (χ1n) is 13.4. The van der Waals surface area contributed by atoms with Crippen molar-refractivity contribution in [1.29, 1.82) is 5.41 Å². The molecule has 1 saturated carbocycles. The SMILES string of the molecule is N=C(N)N1CCOC(CNC(=O)C[C@@H](C(=O)N(CCc2nn[nH]n2)C2CC2)S(=O)(=O)c2ccc3ccccc3c2)C1. The van der Waals surface area contributed by atoms with Gasteiger partial charge in [-0.05, 0) is 35.7 Å². The summed E-state index contributed by atoms with van der Waals surface area (Å²) in [5, 5.41) is 24.1. The van der Waals surface area contributed by atoms with E-state index in [1.165, 1.54) is 17.0 Å². The van der Waals surface area contributed by atoms with E-state index in [0.717, 1.165) is 18.2 Å². The molecule has 41 heavy (non-hydrogen) atoms. The minimum Gasteiger partial charge on any atom is -0.373 e. The Morgan fingerprint density at radius 3 is 2.71 bits per heavy atom. The summed E-state index contributed by atoms with van der Waals surface area (Å²) in [4.78, 5) is 30.2. The van der Waals surface area contributed by atoms with E-state index in [9.17, 15) is 18.0 Å². The van der Waals surface area contributed by atoms with Crippen LogP contribution in [-0.4, -0.2) is 107 Å². The molecule has 15 heteroatoms. The number of nitrogens with two attached hydrogens (primary N) is 1. The summed E-state index contributed by atoms with van der Waals surface area (Å²) >= 11 is 0. The van der Waals surface area contributed by atoms with E-state index in [0.29, 0.717) is 37.3 Å². The van der Waals surface area contributed by atoms with Gasteiger partial charge < -0.3 is 25.6 Å². The number of amides is 2. The van der Waals surface area contributed by atoms with Crippen LogP contribution in [0.4, 0.5) is 0 Å². The summed E-state index contributed by atoms with van der Waals surface area (Å²) < 4.78 is 33.7. The highest BCUT2D eigenvalue weighted by Crippen LogP contribution is 2.31. The third kappa shape index (κ3) is 6.79. The van der Waals surface area contributed by atoms with Gasteiger partial charge in [-0.25, -0.2) is 8.42 Å². The predicted octanol–water partition coefficient (Wildman–Crippen LogP) is -0.171. The van der Waals surface area contributed by atoms with Crippen LogP contribution in [0.5, 0.6) is 0 Å². The molecule has 1 saturated heterocycles. The topological polar surface area (TPSA) is 200 Å². The lowest BCUT2D eigenvalue weighted by Gasteiger charge is -2.33. The number of rotatable bonds is 11. The van der Waals surface area contributed by atoms with Gasteiger partial charge in [0.2, 0.25) is 11.8 Å². The molecule has 1 unspecified atom stereocenters. The standard InChI is InChI=1S/C26H33N9O5S/c27-26(28)34-11-12-40-20(16-34)15-29-24(36)14-22(25(37)35(19-6-7-19)10-9-23-30-32-33-31-23)41(38,39)21-8-5-17-3-1-2-4-18(17)13-21/h1-5,8,13,19-20,22H,6-7,9-12,14-16H2,(H3,27,28)(H,29,36)(H,30,31,32,33)/t20?,22-/m0/s1. The fraction of sp³-hybridized carbons (Fsp3) is 0.462. The van der Waals surface area contributed by atoms with Crippen molar-refractivity contribution >= 4 is 38.4 Å². The summed E-state index contributed by atoms with van der Waals surface area (Å²) in [6.45, 7) is 1.42. The number of carbonyl (C=O) groups excluding carboxylic acids is 2. The van der Waals surface area contributed by atoms with E-state index in [4.69, 9.17) is 15.9 Å². The average molecular weight is 584 g/mol. The number of hydrogen-bond acceptors (Lipinski definition) is 9. The van der Waals surface area contributed by atoms with Crippen molar-refractivity contribution < 1.29 is 22.7 Å². The van der Waals surface area contributed by atoms with Crippen molar-refractivity contribution in [3.63, 3.8) is 0 Å². The fourth-order valence-corrected chi connectivity index (χ4v) is 6.57. The van der Waals surface area contributed by atoms with Crippen LogP contribution in [0.15, 0.2) is 47.4 Å². The molecule has 3 aromatic rings. The van der Waals surface area contributed by atoms with Crippen LogP contribution in [0.1, 0.15) is 25.1 Å². The van der Waals surface area contributed by atoms with E-state index >= 15 is 0 Å². The van der Waals surface area contributed by atoms with Gasteiger partial charge in [0.05, 0.1) is 24.0 Å². The summed E-state index contributed by atoms with van der Waals surface area (Å²) in [6, 6.07) is 11.9. The summed E-state index contributed by atoms with van der Waals surface area (Å²) in [7, 11) is -4.26. The number of aromatic nitrogens is 4. The number of nitrogens with one attached hydrogen (secondary N) is 3. The molecule has 1 aliphatic heterocycles. The van der Waals surface area contributed by atoms with Crippen LogP contribution in [0.25, 0.3) is 10.8 Å². The van der Waals surface area contributed by atoms with Gasteiger partial charge in [-0.1, -0.05) is 35.5 Å². The Morgan fingerprint density at radius 1 is 1.22 bits per heavy atom. The van der Waals surface area contributed by atoms with Gasteiger partial charge >= 0.3 is 0 Å². The van der Waals surface area contributed by atoms with Crippen LogP contribution in [0, 0.1) is 5.41 Å². The molecule has 5 N–H and O–H groups in total. The van der Waals surface area contributed by atoms with E-state index in [1.54, 1.807) is 17.0 Å². The second kappa shape index (κ2) is 12.2. The van der Waals surface area contributed by atoms with Crippen molar-refractivity contribution in [3.8, 4) is 0 Å². The Hall–Kier alpha value is -4.11. The normalized spacial score (nSPS) is 18.1. The largest absolute Gasteiger partial charge is 0.373 e. The zero-order chi connectivity index (χ0) is 29.0. The predicted molar refractivity (Wildman–Crippen MR) is 148 cm³/mol. The van der Waals surface area contributed by atoms with Crippen molar-refractivity contribution in [2.45, 2.75) is 48.0 Å². The van der Waals surface area contributed by atoms with Gasteiger partial charge in [0.25, 0.3) is 0 Å². The molecule has 14 nitrogen and oxygen atoms in total. The quantitative estimate of drug-likeness (QED) is 0.173. The van der Waals surface area contributed by atoms with Crippen LogP contribution in [0.3, 0.4) is 0 Å². The molecule has 5 rings (SSSR count). The van der Waals surface area contributed by atoms with Gasteiger partial charge in [0.15, 0.2) is 26.9 Å². The Labute approximate surface area is 237 Å². The number of morpholine rings is 1. The summed E-state index contributed by atoms with van der Waals surface area (Å²) in [5.41, 5.74) is 5.58. The number of sulfone groups is 1. The fourth-order valence-electron chi connectivity index (χ4n) is 4.92. The Balaban J connectivity index is 1.37. The maximum Gasteiger partial charge on any atom is 0.242 e. The molecule has 2 atom stereocenters. The average Bonchev–Trinajstić information content (AvgIpc) is 3.68. The van der Waals surface area contributed by atoms with E-state index in [2.05, 4.69) is 25.9 Å². The smallest absolute Gasteiger partial charge is 0.242 e. The summed E-state index contributed by atoms with van der Waals surface area (Å²) in [6.07, 6.45) is 0.805. The number of benzene rings is 2. The third-order valence-corrected chi connectivity index (χ3v) is 9.34. The van der Waals surface area contributed by atoms with Gasteiger partial charge in [-0.3, -0.25) is 15.0 Å². The monoisotopic (exact) mass is 583 g/mol. The molecule has 0 radical (unpaired) electrons. The van der Waals surface area contributed by atoms with Gasteiger partial charge in [0.1, 0.15) is 0 Å². The number of guanidine groups is 1. The van der Waals surface area contributed by atoms with Crippen molar-refractivity contribution in [2.75, 3.05) is 32.8 Å². The maximum absolute atomic E-state index is 14.0. The molecule has 2 fully saturated rings. The number of H-pyrrole nitrogens is 1. The highest BCUT2D eigenvalue weighted by molar-refractivity contribution is 7.92. The second-order valence-corrected chi connectivity index (χ2v) is 12.3. The van der Waals surface area contributed by atoms with Crippen molar-refractivity contribution in [1.82, 2.24) is 35.7 Å². The first kappa shape index (κ1) is 28.4. The van der Waals surface area contributed by atoms with Crippen LogP contribution in [-0.2, 0) is 30.6 Å². The molecule has 2 heterocycles. The molecular weight excluding hydrogens is 550 g/mol. The highest BCUT2D eigenvalue weighted by atomic mass is 32.2. The molecular formula is C26H33N9O5S. The van der Waals surface area contributed by atoms with E-state index < -0.39 is 39.4 Å². The van der Waals surface area contributed by atoms with Crippen LogP contribution >= 0.6 is 0 Å². The molecule has 1 aromatic heterocycles. The molecule has 218 valence electrons. The highest BCUT2D eigenvalue weighted by Gasteiger charge is 2.43. The summed E-state index contributed by atoms with van der Waals surface area (Å²) in [5.74, 6) is -0.902. The minimum absolute atomic E-state index is 0.0241. The number of fused-ring (bicyclic) bond motifs is 1. The lowest BCUT2D eigenvalue weighted by molar-refractivity contribution is -0.133. The number of carbonyl (C=O) groups is 2. The van der Waals surface area contributed by atoms with E-state index in [-0.39, 0.29) is 30.0 Å². The van der Waals surface area contributed by atoms with E-state index in [1.807, 2.05) is 18.2 Å². The zero-order valence-corrected chi connectivity index (χ0v) is 23.2. The Bertz CT molecular complexity index is 1510. The Kier molecular flexibility index (Phi) is 8.44. The number of nitrogens with zero attached hydrogens (tertiary/aromatic N) is 5. The number of hydrogen-bond donors (Lipinski definition) is 4. The van der Waals surface area contributed by atoms with Gasteiger partial charge in [0, 0.05) is 38.6 Å². The molecule has 0 bridgehead atoms. The first-order chi connectivity index (χ1) is 19.7. The van der Waals surface area contributed by atoms with Crippen molar-refractivity contribution in [2.24, 2.45) is 5.73 Å². The lowest BCUT2D eigenvalue weighted by atomic mass is 10.1. The van der Waals surface area contributed by atoms with Gasteiger partial charge in [-0.15, -0.1) is 10.2 Å². The molecule has 0 spiro atoms. The molecule has 2 aliphatic rings. The second-order valence-electron chi connectivity index (χ2n) is 10.2. The zero-order valence-electron chi connectivity index (χ0n) is 22.4. The van der Waals surface area contributed by atoms with Crippen LogP contribution < -0.4 is 11.1 Å². The Morgan fingerprint density at radius 2 is 2.00 bits per heavy atom. The number of aromatic amines is 1. The van der Waals surface area contributed by atoms with Gasteiger partial charge in [-0.2, -0.15) is 5.21 Å².